The maximum atomic E-state index is 13.5. The number of ether oxygens (including phenoxy) is 1. The molecule has 0 aliphatic heterocycles. The van der Waals surface area contributed by atoms with Gasteiger partial charge in [0.15, 0.2) is 4.77 Å². The highest BCUT2D eigenvalue weighted by atomic mass is 32.1. The molecule has 4 aromatic rings. The van der Waals surface area contributed by atoms with Gasteiger partial charge in [-0.1, -0.05) is 48.5 Å². The summed E-state index contributed by atoms with van der Waals surface area (Å²) < 4.78 is 8.23. The number of rotatable bonds is 5. The lowest BCUT2D eigenvalue weighted by Gasteiger charge is -2.18. The van der Waals surface area contributed by atoms with Crippen LogP contribution >= 0.6 is 12.2 Å². The number of benzene rings is 3. The predicted molar refractivity (Wildman–Crippen MR) is 126 cm³/mol. The standard InChI is InChI=1S/C24H20N4O3S/c1-16-10-6-7-13-18(16)27-22(29)21(26-25-17-11-4-3-5-12-17)23(30)28(24(27)32)19-14-8-9-15-20(19)31-2/h3-15,29H,1-2H3. The van der Waals surface area contributed by atoms with Gasteiger partial charge in [-0.25, -0.2) is 4.57 Å². The maximum Gasteiger partial charge on any atom is 0.290 e. The Morgan fingerprint density at radius 3 is 2.16 bits per heavy atom. The fourth-order valence-corrected chi connectivity index (χ4v) is 3.70. The minimum atomic E-state index is -0.610. The van der Waals surface area contributed by atoms with E-state index in [0.717, 1.165) is 5.56 Å². The van der Waals surface area contributed by atoms with Gasteiger partial charge in [-0.2, -0.15) is 5.11 Å². The van der Waals surface area contributed by atoms with Gasteiger partial charge < -0.3 is 9.84 Å². The van der Waals surface area contributed by atoms with Crippen LogP contribution in [0.3, 0.4) is 0 Å². The quantitative estimate of drug-likeness (QED) is 0.312. The normalized spacial score (nSPS) is 11.1. The highest BCUT2D eigenvalue weighted by Gasteiger charge is 2.21. The first-order valence-corrected chi connectivity index (χ1v) is 10.2. The Morgan fingerprint density at radius 2 is 1.47 bits per heavy atom. The molecule has 0 bridgehead atoms. The summed E-state index contributed by atoms with van der Waals surface area (Å²) in [4.78, 5) is 13.5. The monoisotopic (exact) mass is 444 g/mol. The van der Waals surface area contributed by atoms with E-state index in [1.165, 1.54) is 16.2 Å². The SMILES string of the molecule is COc1ccccc1-n1c(=O)c(N=Nc2ccccc2)c(O)n(-c2ccccc2C)c1=S. The minimum Gasteiger partial charge on any atom is -0.495 e. The van der Waals surface area contributed by atoms with E-state index in [4.69, 9.17) is 17.0 Å². The summed E-state index contributed by atoms with van der Waals surface area (Å²) in [5.41, 5.74) is 1.60. The fraction of sp³-hybridized carbons (Fsp3) is 0.0833. The van der Waals surface area contributed by atoms with E-state index in [1.807, 2.05) is 31.2 Å². The topological polar surface area (TPSA) is 81.1 Å². The molecule has 0 saturated heterocycles. The molecule has 0 radical (unpaired) electrons. The van der Waals surface area contributed by atoms with Crippen molar-refractivity contribution in [2.24, 2.45) is 10.2 Å². The average Bonchev–Trinajstić information content (AvgIpc) is 2.81. The number of hydrogen-bond acceptors (Lipinski definition) is 6. The van der Waals surface area contributed by atoms with E-state index < -0.39 is 5.56 Å². The van der Waals surface area contributed by atoms with Crippen LogP contribution in [0, 0.1) is 11.7 Å². The van der Waals surface area contributed by atoms with Crippen molar-refractivity contribution in [2.45, 2.75) is 6.92 Å². The zero-order valence-corrected chi connectivity index (χ0v) is 18.3. The molecule has 0 aliphatic carbocycles. The molecule has 0 fully saturated rings. The minimum absolute atomic E-state index is 0.0740. The molecule has 0 amide bonds. The Balaban J connectivity index is 2.08. The average molecular weight is 445 g/mol. The number of aryl methyl sites for hydroxylation is 1. The molecule has 1 heterocycles. The molecule has 1 aromatic heterocycles. The van der Waals surface area contributed by atoms with Gasteiger partial charge >= 0.3 is 0 Å². The summed E-state index contributed by atoms with van der Waals surface area (Å²) >= 11 is 5.67. The lowest BCUT2D eigenvalue weighted by Crippen LogP contribution is -2.23. The lowest BCUT2D eigenvalue weighted by molar-refractivity contribution is 0.410. The lowest BCUT2D eigenvalue weighted by atomic mass is 10.2. The van der Waals surface area contributed by atoms with Crippen LogP contribution in [-0.4, -0.2) is 21.4 Å². The molecule has 3 aromatic carbocycles. The summed E-state index contributed by atoms with van der Waals surface area (Å²) in [7, 11) is 1.51. The van der Waals surface area contributed by atoms with Crippen LogP contribution < -0.4 is 10.3 Å². The zero-order chi connectivity index (χ0) is 22.7. The van der Waals surface area contributed by atoms with Crippen LogP contribution in [0.2, 0.25) is 0 Å². The Labute approximate surface area is 189 Å². The van der Waals surface area contributed by atoms with Crippen molar-refractivity contribution in [2.75, 3.05) is 7.11 Å². The van der Waals surface area contributed by atoms with Crippen molar-refractivity contribution in [3.63, 3.8) is 0 Å². The molecular formula is C24H20N4O3S. The molecule has 1 N–H and O–H groups in total. The number of para-hydroxylation sites is 3. The van der Waals surface area contributed by atoms with Crippen LogP contribution in [0.4, 0.5) is 11.4 Å². The molecule has 0 saturated carbocycles. The van der Waals surface area contributed by atoms with Crippen molar-refractivity contribution in [3.05, 3.63) is 99.6 Å². The molecule has 8 heteroatoms. The highest BCUT2D eigenvalue weighted by Crippen LogP contribution is 2.31. The van der Waals surface area contributed by atoms with Gasteiger partial charge in [-0.3, -0.25) is 9.36 Å². The largest absolute Gasteiger partial charge is 0.495 e. The summed E-state index contributed by atoms with van der Waals surface area (Å²) in [6.07, 6.45) is 0. The van der Waals surface area contributed by atoms with E-state index in [1.54, 1.807) is 54.6 Å². The Morgan fingerprint density at radius 1 is 0.844 bits per heavy atom. The maximum absolute atomic E-state index is 13.5. The number of methoxy groups -OCH3 is 1. The molecule has 0 aliphatic rings. The first-order chi connectivity index (χ1) is 15.5. The molecule has 0 atom stereocenters. The first-order valence-electron chi connectivity index (χ1n) is 9.80. The summed E-state index contributed by atoms with van der Waals surface area (Å²) in [6.45, 7) is 1.89. The van der Waals surface area contributed by atoms with Gasteiger partial charge in [-0.15, -0.1) is 5.11 Å². The Bertz CT molecular complexity index is 1430. The predicted octanol–water partition coefficient (Wildman–Crippen LogP) is 5.80. The van der Waals surface area contributed by atoms with Gasteiger partial charge in [0.25, 0.3) is 5.56 Å². The third-order valence-electron chi connectivity index (χ3n) is 4.92. The Kier molecular flexibility index (Phi) is 5.96. The third kappa shape index (κ3) is 3.83. The van der Waals surface area contributed by atoms with Crippen molar-refractivity contribution >= 4 is 23.6 Å². The molecule has 0 unspecified atom stereocenters. The van der Waals surface area contributed by atoms with Crippen LogP contribution in [0.25, 0.3) is 11.4 Å². The van der Waals surface area contributed by atoms with E-state index in [2.05, 4.69) is 10.2 Å². The molecule has 32 heavy (non-hydrogen) atoms. The second kappa shape index (κ2) is 8.99. The second-order valence-electron chi connectivity index (χ2n) is 6.92. The zero-order valence-electron chi connectivity index (χ0n) is 17.5. The molecule has 0 spiro atoms. The molecule has 7 nitrogen and oxygen atoms in total. The third-order valence-corrected chi connectivity index (χ3v) is 5.28. The van der Waals surface area contributed by atoms with Crippen LogP contribution in [0.1, 0.15) is 5.56 Å². The molecule has 4 rings (SSSR count). The van der Waals surface area contributed by atoms with Crippen LogP contribution in [0.5, 0.6) is 11.6 Å². The Hall–Kier alpha value is -4.04. The van der Waals surface area contributed by atoms with E-state index in [-0.39, 0.29) is 16.3 Å². The van der Waals surface area contributed by atoms with Crippen LogP contribution in [-0.2, 0) is 0 Å². The van der Waals surface area contributed by atoms with E-state index in [9.17, 15) is 9.90 Å². The number of hydrogen-bond donors (Lipinski definition) is 1. The van der Waals surface area contributed by atoms with Crippen molar-refractivity contribution in [1.29, 1.82) is 0 Å². The fourth-order valence-electron chi connectivity index (χ4n) is 3.33. The smallest absolute Gasteiger partial charge is 0.290 e. The molecular weight excluding hydrogens is 424 g/mol. The van der Waals surface area contributed by atoms with Crippen molar-refractivity contribution < 1.29 is 9.84 Å². The van der Waals surface area contributed by atoms with Crippen LogP contribution in [0.15, 0.2) is 93.9 Å². The molecule has 160 valence electrons. The van der Waals surface area contributed by atoms with Gasteiger partial charge in [0.2, 0.25) is 11.6 Å². The van der Waals surface area contributed by atoms with E-state index >= 15 is 0 Å². The van der Waals surface area contributed by atoms with E-state index in [0.29, 0.717) is 22.8 Å². The summed E-state index contributed by atoms with van der Waals surface area (Å²) in [6, 6.07) is 23.4. The second-order valence-corrected chi connectivity index (χ2v) is 7.29. The summed E-state index contributed by atoms with van der Waals surface area (Å²) in [5.74, 6) is 0.0637. The van der Waals surface area contributed by atoms with Crippen molar-refractivity contribution in [3.8, 4) is 23.0 Å². The first kappa shape index (κ1) is 21.2. The number of aromatic hydroxyl groups is 1. The van der Waals surface area contributed by atoms with Gasteiger partial charge in [0, 0.05) is 0 Å². The highest BCUT2D eigenvalue weighted by molar-refractivity contribution is 7.71. The van der Waals surface area contributed by atoms with Crippen molar-refractivity contribution in [1.82, 2.24) is 9.13 Å². The summed E-state index contributed by atoms with van der Waals surface area (Å²) in [5, 5.41) is 19.3. The number of nitrogens with zero attached hydrogens (tertiary/aromatic N) is 4. The van der Waals surface area contributed by atoms with Gasteiger partial charge in [0.05, 0.1) is 24.2 Å². The number of azo groups is 1. The van der Waals surface area contributed by atoms with Gasteiger partial charge in [0.1, 0.15) is 5.75 Å². The number of aromatic nitrogens is 2. The van der Waals surface area contributed by atoms with Gasteiger partial charge in [-0.05, 0) is 55.0 Å².